The van der Waals surface area contributed by atoms with E-state index < -0.39 is 0 Å². The maximum atomic E-state index is 11.6. The zero-order valence-corrected chi connectivity index (χ0v) is 10.6. The highest BCUT2D eigenvalue weighted by Crippen LogP contribution is 2.05. The van der Waals surface area contributed by atoms with Gasteiger partial charge >= 0.3 is 0 Å². The largest absolute Gasteiger partial charge is 0.350 e. The van der Waals surface area contributed by atoms with Gasteiger partial charge in [-0.1, -0.05) is 20.8 Å². The van der Waals surface area contributed by atoms with Crippen LogP contribution < -0.4 is 5.32 Å². The van der Waals surface area contributed by atoms with Crippen molar-refractivity contribution in [3.05, 3.63) is 30.4 Å². The fraction of sp³-hybridized carbons (Fsp3) is 0.462. The predicted octanol–water partition coefficient (Wildman–Crippen LogP) is 2.04. The van der Waals surface area contributed by atoms with Gasteiger partial charge in [0.15, 0.2) is 0 Å². The molecule has 0 radical (unpaired) electrons. The third-order valence-corrected chi connectivity index (χ3v) is 2.56. The molecule has 0 bridgehead atoms. The van der Waals surface area contributed by atoms with Crippen molar-refractivity contribution in [3.63, 3.8) is 0 Å². The minimum atomic E-state index is -0.0868. The van der Waals surface area contributed by atoms with Crippen molar-refractivity contribution in [2.24, 2.45) is 5.92 Å². The van der Waals surface area contributed by atoms with Crippen molar-refractivity contribution >= 4 is 12.0 Å². The summed E-state index contributed by atoms with van der Waals surface area (Å²) in [6.45, 7) is 6.26. The lowest BCUT2D eigenvalue weighted by Gasteiger charge is -2.19. The van der Waals surface area contributed by atoms with E-state index in [4.69, 9.17) is 0 Å². The molecule has 0 saturated heterocycles. The topological polar surface area (TPSA) is 54.9 Å². The van der Waals surface area contributed by atoms with Crippen LogP contribution in [0.2, 0.25) is 0 Å². The highest BCUT2D eigenvalue weighted by atomic mass is 16.1. The lowest BCUT2D eigenvalue weighted by atomic mass is 10.0. The molecule has 1 rings (SSSR count). The second kappa shape index (κ2) is 6.78. The predicted molar refractivity (Wildman–Crippen MR) is 68.1 cm³/mol. The van der Waals surface area contributed by atoms with Gasteiger partial charge < -0.3 is 5.32 Å². The molecular weight excluding hydrogens is 214 g/mol. The van der Waals surface area contributed by atoms with E-state index in [2.05, 4.69) is 36.1 Å². The molecule has 92 valence electrons. The van der Waals surface area contributed by atoms with Crippen LogP contribution in [0.15, 0.2) is 24.7 Å². The number of nitrogens with zero attached hydrogens (tertiary/aromatic N) is 2. The van der Waals surface area contributed by atoms with E-state index in [9.17, 15) is 4.79 Å². The number of carbonyl (C=O) groups is 1. The molecule has 1 unspecified atom stereocenters. The number of amides is 1. The molecule has 0 saturated carbocycles. The summed E-state index contributed by atoms with van der Waals surface area (Å²) in [5, 5.41) is 2.96. The second-order valence-electron chi connectivity index (χ2n) is 4.23. The first kappa shape index (κ1) is 13.4. The number of carbonyl (C=O) groups excluding carboxylic acids is 1. The summed E-state index contributed by atoms with van der Waals surface area (Å²) in [7, 11) is 0. The highest BCUT2D eigenvalue weighted by molar-refractivity contribution is 5.91. The van der Waals surface area contributed by atoms with Crippen molar-refractivity contribution in [2.45, 2.75) is 33.2 Å². The SMILES string of the molecule is CCC(NC(=O)/C=C/c1cnccn1)C(C)C. The summed E-state index contributed by atoms with van der Waals surface area (Å²) in [6.07, 6.45) is 8.90. The number of rotatable bonds is 5. The van der Waals surface area contributed by atoms with Gasteiger partial charge in [-0.15, -0.1) is 0 Å². The minimum Gasteiger partial charge on any atom is -0.350 e. The average Bonchev–Trinajstić information content (AvgIpc) is 2.34. The first-order valence-corrected chi connectivity index (χ1v) is 5.88. The van der Waals surface area contributed by atoms with E-state index in [1.807, 2.05) is 0 Å². The van der Waals surface area contributed by atoms with E-state index in [1.54, 1.807) is 24.7 Å². The van der Waals surface area contributed by atoms with Crippen molar-refractivity contribution in [2.75, 3.05) is 0 Å². The van der Waals surface area contributed by atoms with Crippen LogP contribution in [0.3, 0.4) is 0 Å². The molecule has 1 amide bonds. The molecule has 0 aliphatic carbocycles. The lowest BCUT2D eigenvalue weighted by Crippen LogP contribution is -2.36. The Balaban J connectivity index is 2.52. The van der Waals surface area contributed by atoms with Gasteiger partial charge in [0.25, 0.3) is 0 Å². The Hall–Kier alpha value is -1.71. The van der Waals surface area contributed by atoms with Gasteiger partial charge in [0.1, 0.15) is 0 Å². The Morgan fingerprint density at radius 1 is 1.47 bits per heavy atom. The fourth-order valence-corrected chi connectivity index (χ4v) is 1.53. The van der Waals surface area contributed by atoms with Crippen molar-refractivity contribution in [3.8, 4) is 0 Å². The third kappa shape index (κ3) is 4.76. The van der Waals surface area contributed by atoms with E-state index in [1.165, 1.54) is 6.08 Å². The maximum absolute atomic E-state index is 11.6. The third-order valence-electron chi connectivity index (χ3n) is 2.56. The molecule has 0 aliphatic rings. The Bertz CT molecular complexity index is 374. The smallest absolute Gasteiger partial charge is 0.244 e. The molecule has 4 heteroatoms. The first-order valence-electron chi connectivity index (χ1n) is 5.88. The van der Waals surface area contributed by atoms with Gasteiger partial charge in [0.2, 0.25) is 5.91 Å². The Morgan fingerprint density at radius 2 is 2.24 bits per heavy atom. The van der Waals surface area contributed by atoms with Crippen LogP contribution in [0.5, 0.6) is 0 Å². The zero-order valence-electron chi connectivity index (χ0n) is 10.6. The Labute approximate surface area is 102 Å². The molecule has 1 heterocycles. The summed E-state index contributed by atoms with van der Waals surface area (Å²) < 4.78 is 0. The van der Waals surface area contributed by atoms with Gasteiger partial charge in [0.05, 0.1) is 11.9 Å². The molecular formula is C13H19N3O. The molecule has 1 N–H and O–H groups in total. The van der Waals surface area contributed by atoms with Crippen molar-refractivity contribution < 1.29 is 4.79 Å². The van der Waals surface area contributed by atoms with Crippen LogP contribution in [0, 0.1) is 5.92 Å². The van der Waals surface area contributed by atoms with Gasteiger partial charge in [-0.25, -0.2) is 0 Å². The standard InChI is InChI=1S/C13H19N3O/c1-4-12(10(2)3)16-13(17)6-5-11-9-14-7-8-15-11/h5-10,12H,4H2,1-3H3,(H,16,17)/b6-5+. The van der Waals surface area contributed by atoms with Crippen molar-refractivity contribution in [1.82, 2.24) is 15.3 Å². The minimum absolute atomic E-state index is 0.0868. The first-order chi connectivity index (χ1) is 8.13. The van der Waals surface area contributed by atoms with Crippen LogP contribution in [0.25, 0.3) is 6.08 Å². The molecule has 1 aromatic rings. The summed E-state index contributed by atoms with van der Waals surface area (Å²) in [5.41, 5.74) is 0.681. The monoisotopic (exact) mass is 233 g/mol. The Morgan fingerprint density at radius 3 is 2.76 bits per heavy atom. The van der Waals surface area contributed by atoms with Gasteiger partial charge in [-0.2, -0.15) is 0 Å². The van der Waals surface area contributed by atoms with Crippen LogP contribution in [-0.2, 0) is 4.79 Å². The molecule has 0 fully saturated rings. The van der Waals surface area contributed by atoms with Crippen molar-refractivity contribution in [1.29, 1.82) is 0 Å². The van der Waals surface area contributed by atoms with Crippen LogP contribution in [0.1, 0.15) is 32.9 Å². The molecule has 0 spiro atoms. The summed E-state index contributed by atoms with van der Waals surface area (Å²) in [5.74, 6) is 0.352. The maximum Gasteiger partial charge on any atom is 0.244 e. The second-order valence-corrected chi connectivity index (χ2v) is 4.23. The zero-order chi connectivity index (χ0) is 12.7. The average molecular weight is 233 g/mol. The normalized spacial score (nSPS) is 12.9. The molecule has 0 aliphatic heterocycles. The molecule has 17 heavy (non-hydrogen) atoms. The number of aromatic nitrogens is 2. The number of hydrogen-bond acceptors (Lipinski definition) is 3. The van der Waals surface area contributed by atoms with E-state index in [0.717, 1.165) is 6.42 Å². The molecule has 4 nitrogen and oxygen atoms in total. The quantitative estimate of drug-likeness (QED) is 0.792. The van der Waals surface area contributed by atoms with E-state index in [0.29, 0.717) is 11.6 Å². The van der Waals surface area contributed by atoms with Crippen LogP contribution in [0.4, 0.5) is 0 Å². The van der Waals surface area contributed by atoms with Crippen LogP contribution >= 0.6 is 0 Å². The van der Waals surface area contributed by atoms with Gasteiger partial charge in [-0.05, 0) is 18.4 Å². The van der Waals surface area contributed by atoms with E-state index >= 15 is 0 Å². The lowest BCUT2D eigenvalue weighted by molar-refractivity contribution is -0.117. The van der Waals surface area contributed by atoms with Gasteiger partial charge in [0, 0.05) is 24.5 Å². The fourth-order valence-electron chi connectivity index (χ4n) is 1.53. The summed E-state index contributed by atoms with van der Waals surface area (Å²) in [6, 6.07) is 0.217. The number of nitrogens with one attached hydrogen (secondary N) is 1. The Kier molecular flexibility index (Phi) is 5.33. The molecule has 1 atom stereocenters. The summed E-state index contributed by atoms with van der Waals surface area (Å²) >= 11 is 0. The summed E-state index contributed by atoms with van der Waals surface area (Å²) in [4.78, 5) is 19.6. The molecule has 1 aromatic heterocycles. The van der Waals surface area contributed by atoms with E-state index in [-0.39, 0.29) is 11.9 Å². The highest BCUT2D eigenvalue weighted by Gasteiger charge is 2.11. The van der Waals surface area contributed by atoms with Crippen LogP contribution in [-0.4, -0.2) is 21.9 Å². The molecule has 0 aromatic carbocycles. The van der Waals surface area contributed by atoms with Gasteiger partial charge in [-0.3, -0.25) is 14.8 Å². The number of hydrogen-bond donors (Lipinski definition) is 1.